The van der Waals surface area contributed by atoms with E-state index in [0.717, 1.165) is 0 Å². The summed E-state index contributed by atoms with van der Waals surface area (Å²) in [5.41, 5.74) is -1.70. The van der Waals surface area contributed by atoms with E-state index in [0.29, 0.717) is 13.1 Å². The van der Waals surface area contributed by atoms with Crippen molar-refractivity contribution < 1.29 is 13.2 Å². The van der Waals surface area contributed by atoms with Crippen molar-refractivity contribution in [3.05, 3.63) is 6.92 Å². The minimum Gasteiger partial charge on any atom is -0.317 e. The molecular formula is C7H11F3N. The molecular weight excluding hydrogens is 155 g/mol. The minimum absolute atomic E-state index is 0.0938. The van der Waals surface area contributed by atoms with Crippen molar-refractivity contribution in [2.24, 2.45) is 5.41 Å². The van der Waals surface area contributed by atoms with Crippen LogP contribution in [0, 0.1) is 12.3 Å². The molecule has 1 radical (unpaired) electrons. The molecule has 0 spiro atoms. The van der Waals surface area contributed by atoms with Gasteiger partial charge in [-0.1, -0.05) is 0 Å². The Morgan fingerprint density at radius 3 is 1.91 bits per heavy atom. The normalized spacial score (nSPS) is 25.1. The van der Waals surface area contributed by atoms with E-state index >= 15 is 0 Å². The van der Waals surface area contributed by atoms with Crippen LogP contribution in [-0.2, 0) is 0 Å². The van der Waals surface area contributed by atoms with Crippen LogP contribution in [0.4, 0.5) is 13.2 Å². The highest BCUT2D eigenvalue weighted by molar-refractivity contribution is 4.92. The van der Waals surface area contributed by atoms with Gasteiger partial charge in [-0.15, -0.1) is 0 Å². The molecule has 1 aliphatic heterocycles. The summed E-state index contributed by atoms with van der Waals surface area (Å²) >= 11 is 0. The fourth-order valence-corrected chi connectivity index (χ4v) is 1.19. The molecule has 1 saturated heterocycles. The largest absolute Gasteiger partial charge is 0.394 e. The Kier molecular flexibility index (Phi) is 2.14. The van der Waals surface area contributed by atoms with Crippen LogP contribution in [0.25, 0.3) is 0 Å². The summed E-state index contributed by atoms with van der Waals surface area (Å²) in [4.78, 5) is 0. The van der Waals surface area contributed by atoms with Gasteiger partial charge in [0.25, 0.3) is 0 Å². The number of hydrogen-bond acceptors (Lipinski definition) is 1. The molecule has 0 atom stereocenters. The summed E-state index contributed by atoms with van der Waals surface area (Å²) in [7, 11) is 0. The number of hydrogen-bond donors (Lipinski definition) is 1. The molecule has 1 aliphatic rings. The van der Waals surface area contributed by atoms with E-state index in [1.807, 2.05) is 0 Å². The maximum absolute atomic E-state index is 12.2. The van der Waals surface area contributed by atoms with Crippen molar-refractivity contribution in [3.63, 3.8) is 0 Å². The van der Waals surface area contributed by atoms with Crippen molar-refractivity contribution in [2.75, 3.05) is 13.1 Å². The van der Waals surface area contributed by atoms with E-state index in [4.69, 9.17) is 0 Å². The third-order valence-corrected chi connectivity index (χ3v) is 2.16. The van der Waals surface area contributed by atoms with Gasteiger partial charge in [0.1, 0.15) is 0 Å². The molecule has 0 aromatic carbocycles. The van der Waals surface area contributed by atoms with Crippen molar-refractivity contribution >= 4 is 0 Å². The van der Waals surface area contributed by atoms with Crippen LogP contribution < -0.4 is 5.32 Å². The smallest absolute Gasteiger partial charge is 0.317 e. The first-order valence-electron chi connectivity index (χ1n) is 3.58. The second kappa shape index (κ2) is 2.66. The quantitative estimate of drug-likeness (QED) is 0.578. The van der Waals surface area contributed by atoms with Crippen LogP contribution in [-0.4, -0.2) is 19.3 Å². The third-order valence-electron chi connectivity index (χ3n) is 2.16. The van der Waals surface area contributed by atoms with E-state index in [1.54, 1.807) is 0 Å². The van der Waals surface area contributed by atoms with Gasteiger partial charge >= 0.3 is 6.18 Å². The molecule has 1 N–H and O–H groups in total. The van der Waals surface area contributed by atoms with Gasteiger partial charge < -0.3 is 5.32 Å². The molecule has 0 aromatic heterocycles. The zero-order valence-electron chi connectivity index (χ0n) is 6.17. The summed E-state index contributed by atoms with van der Waals surface area (Å²) in [6, 6.07) is 0. The Morgan fingerprint density at radius 2 is 1.64 bits per heavy atom. The second-order valence-electron chi connectivity index (χ2n) is 3.03. The van der Waals surface area contributed by atoms with Gasteiger partial charge in [0, 0.05) is 0 Å². The molecule has 11 heavy (non-hydrogen) atoms. The van der Waals surface area contributed by atoms with Crippen LogP contribution in [0.1, 0.15) is 12.8 Å². The molecule has 1 fully saturated rings. The predicted octanol–water partition coefficient (Wildman–Crippen LogP) is 1.75. The molecule has 0 amide bonds. The SMILES string of the molecule is [CH2]C1(C(F)(F)F)CCNCC1. The topological polar surface area (TPSA) is 12.0 Å². The van der Waals surface area contributed by atoms with E-state index < -0.39 is 11.6 Å². The van der Waals surface area contributed by atoms with Gasteiger partial charge in [-0.2, -0.15) is 13.2 Å². The van der Waals surface area contributed by atoms with Crippen molar-refractivity contribution in [1.29, 1.82) is 0 Å². The number of alkyl halides is 3. The zero-order valence-corrected chi connectivity index (χ0v) is 6.17. The number of nitrogens with one attached hydrogen (secondary N) is 1. The van der Waals surface area contributed by atoms with E-state index in [2.05, 4.69) is 12.2 Å². The van der Waals surface area contributed by atoms with E-state index in [1.165, 1.54) is 0 Å². The molecule has 1 nitrogen and oxygen atoms in total. The van der Waals surface area contributed by atoms with E-state index in [9.17, 15) is 13.2 Å². The van der Waals surface area contributed by atoms with Crippen LogP contribution >= 0.6 is 0 Å². The van der Waals surface area contributed by atoms with Gasteiger partial charge in [-0.3, -0.25) is 0 Å². The Bertz CT molecular complexity index is 135. The first-order valence-corrected chi connectivity index (χ1v) is 3.58. The second-order valence-corrected chi connectivity index (χ2v) is 3.03. The highest BCUT2D eigenvalue weighted by Crippen LogP contribution is 2.43. The Morgan fingerprint density at radius 1 is 1.18 bits per heavy atom. The van der Waals surface area contributed by atoms with Crippen molar-refractivity contribution in [2.45, 2.75) is 19.0 Å². The molecule has 0 saturated carbocycles. The maximum atomic E-state index is 12.2. The number of halogens is 3. The zero-order chi connectivity index (χ0) is 8.54. The van der Waals surface area contributed by atoms with Gasteiger partial charge in [0.05, 0.1) is 5.41 Å². The average molecular weight is 166 g/mol. The first-order chi connectivity index (χ1) is 4.96. The Balaban J connectivity index is 2.64. The lowest BCUT2D eigenvalue weighted by molar-refractivity contribution is -0.214. The van der Waals surface area contributed by atoms with Crippen LogP contribution in [0.2, 0.25) is 0 Å². The summed E-state index contributed by atoms with van der Waals surface area (Å²) in [5.74, 6) is 0. The average Bonchev–Trinajstić information content (AvgIpc) is 1.87. The lowest BCUT2D eigenvalue weighted by atomic mass is 9.80. The van der Waals surface area contributed by atoms with Gasteiger partial charge in [0.2, 0.25) is 0 Å². The highest BCUT2D eigenvalue weighted by atomic mass is 19.4. The standard InChI is InChI=1S/C7H11F3N/c1-6(7(8,9)10)2-4-11-5-3-6/h11H,1-5H2. The van der Waals surface area contributed by atoms with Crippen molar-refractivity contribution in [1.82, 2.24) is 5.32 Å². The maximum Gasteiger partial charge on any atom is 0.394 e. The molecule has 0 bridgehead atoms. The monoisotopic (exact) mass is 166 g/mol. The summed E-state index contributed by atoms with van der Waals surface area (Å²) in [6.45, 7) is 4.07. The third kappa shape index (κ3) is 1.67. The highest BCUT2D eigenvalue weighted by Gasteiger charge is 2.50. The Hall–Kier alpha value is -0.250. The summed E-state index contributed by atoms with van der Waals surface area (Å²) in [6.07, 6.45) is -3.96. The van der Waals surface area contributed by atoms with Crippen molar-refractivity contribution in [3.8, 4) is 0 Å². The molecule has 65 valence electrons. The molecule has 0 unspecified atom stereocenters. The molecule has 4 heteroatoms. The minimum atomic E-state index is -4.14. The predicted molar refractivity (Wildman–Crippen MR) is 35.9 cm³/mol. The molecule has 1 heterocycles. The van der Waals surface area contributed by atoms with Gasteiger partial charge in [0.15, 0.2) is 0 Å². The molecule has 1 rings (SSSR count). The van der Waals surface area contributed by atoms with Gasteiger partial charge in [-0.25, -0.2) is 0 Å². The number of piperidine rings is 1. The molecule has 0 aromatic rings. The van der Waals surface area contributed by atoms with Gasteiger partial charge in [-0.05, 0) is 32.9 Å². The summed E-state index contributed by atoms with van der Waals surface area (Å²) in [5, 5.41) is 2.87. The lowest BCUT2D eigenvalue weighted by Crippen LogP contribution is -2.44. The van der Waals surface area contributed by atoms with Crippen LogP contribution in [0.15, 0.2) is 0 Å². The fraction of sp³-hybridized carbons (Fsp3) is 0.857. The fourth-order valence-electron chi connectivity index (χ4n) is 1.19. The first kappa shape index (κ1) is 8.84. The van der Waals surface area contributed by atoms with Crippen LogP contribution in [0.3, 0.4) is 0 Å². The lowest BCUT2D eigenvalue weighted by Gasteiger charge is -2.35. The molecule has 0 aliphatic carbocycles. The Labute approximate surface area is 64.0 Å². The van der Waals surface area contributed by atoms with Crippen LogP contribution in [0.5, 0.6) is 0 Å². The summed E-state index contributed by atoms with van der Waals surface area (Å²) < 4.78 is 36.7. The van der Waals surface area contributed by atoms with E-state index in [-0.39, 0.29) is 12.8 Å². The number of rotatable bonds is 0.